The van der Waals surface area contributed by atoms with Crippen LogP contribution in [0.25, 0.3) is 0 Å². The van der Waals surface area contributed by atoms with Gasteiger partial charge in [-0.3, -0.25) is 4.79 Å². The second-order valence-corrected chi connectivity index (χ2v) is 4.93. The summed E-state index contributed by atoms with van der Waals surface area (Å²) in [6, 6.07) is 0. The summed E-state index contributed by atoms with van der Waals surface area (Å²) in [5.74, 6) is -0.336. The summed E-state index contributed by atoms with van der Waals surface area (Å²) in [5, 5.41) is 0. The van der Waals surface area contributed by atoms with E-state index in [1.165, 1.54) is 0 Å². The monoisotopic (exact) mass is 178 g/mol. The number of rotatable bonds is 2. The Morgan fingerprint density at radius 2 is 2.27 bits per heavy atom. The van der Waals surface area contributed by atoms with Gasteiger partial charge in [-0.15, -0.1) is 0 Å². The number of hydrogen-bond acceptors (Lipinski definition) is 4. The molecule has 11 heavy (non-hydrogen) atoms. The molecule has 1 aliphatic heterocycles. The second-order valence-electron chi connectivity index (χ2n) is 2.74. The summed E-state index contributed by atoms with van der Waals surface area (Å²) in [6.45, 7) is 0. The van der Waals surface area contributed by atoms with Crippen LogP contribution in [0.4, 0.5) is 0 Å². The van der Waals surface area contributed by atoms with Gasteiger partial charge in [-0.05, 0) is 6.42 Å². The molecule has 0 aromatic carbocycles. The molecule has 1 rings (SSSR count). The summed E-state index contributed by atoms with van der Waals surface area (Å²) in [4.78, 5) is 10.5. The van der Waals surface area contributed by atoms with Crippen molar-refractivity contribution >= 4 is 15.8 Å². The van der Waals surface area contributed by atoms with E-state index in [2.05, 4.69) is 0 Å². The number of carbonyl (C=O) groups is 1. The van der Waals surface area contributed by atoms with E-state index in [4.69, 9.17) is 4.74 Å². The fourth-order valence-corrected chi connectivity index (χ4v) is 1.95. The van der Waals surface area contributed by atoms with Crippen LogP contribution in [0.2, 0.25) is 0 Å². The number of sulfone groups is 1. The molecule has 1 aliphatic rings. The summed E-state index contributed by atoms with van der Waals surface area (Å²) in [5.41, 5.74) is 0. The van der Waals surface area contributed by atoms with Crippen LogP contribution >= 0.6 is 0 Å². The molecule has 64 valence electrons. The number of esters is 1. The standard InChI is InChI=1S/C6H10O4S/c1-11(8,9)4-5-2-3-6(7)10-5/h5H,2-4H2,1H3. The van der Waals surface area contributed by atoms with Crippen LogP contribution < -0.4 is 0 Å². The predicted molar refractivity (Wildman–Crippen MR) is 38.8 cm³/mol. The zero-order chi connectivity index (χ0) is 8.48. The van der Waals surface area contributed by atoms with Gasteiger partial charge in [0.15, 0.2) is 9.84 Å². The highest BCUT2D eigenvalue weighted by Crippen LogP contribution is 2.14. The Bertz CT molecular complexity index is 254. The van der Waals surface area contributed by atoms with Gasteiger partial charge >= 0.3 is 5.97 Å². The Morgan fingerprint density at radius 1 is 1.64 bits per heavy atom. The smallest absolute Gasteiger partial charge is 0.306 e. The molecule has 1 saturated heterocycles. The van der Waals surface area contributed by atoms with Crippen molar-refractivity contribution in [3.63, 3.8) is 0 Å². The highest BCUT2D eigenvalue weighted by atomic mass is 32.2. The lowest BCUT2D eigenvalue weighted by Crippen LogP contribution is -2.19. The zero-order valence-corrected chi connectivity index (χ0v) is 7.06. The first kappa shape index (κ1) is 8.52. The van der Waals surface area contributed by atoms with E-state index in [-0.39, 0.29) is 11.7 Å². The molecule has 0 aliphatic carbocycles. The Hall–Kier alpha value is -0.580. The molecule has 1 heterocycles. The molecule has 0 bridgehead atoms. The van der Waals surface area contributed by atoms with Crippen LogP contribution in [0.1, 0.15) is 12.8 Å². The van der Waals surface area contributed by atoms with Crippen molar-refractivity contribution in [2.24, 2.45) is 0 Å². The van der Waals surface area contributed by atoms with Gasteiger partial charge in [0.25, 0.3) is 0 Å². The Kier molecular flexibility index (Phi) is 2.17. The van der Waals surface area contributed by atoms with Crippen molar-refractivity contribution < 1.29 is 17.9 Å². The average Bonchev–Trinajstić information content (AvgIpc) is 2.10. The van der Waals surface area contributed by atoms with Crippen molar-refractivity contribution in [2.75, 3.05) is 12.0 Å². The summed E-state index contributed by atoms with van der Waals surface area (Å²) in [7, 11) is -3.01. The van der Waals surface area contributed by atoms with E-state index in [0.29, 0.717) is 12.8 Å². The van der Waals surface area contributed by atoms with Crippen LogP contribution in [0.15, 0.2) is 0 Å². The second kappa shape index (κ2) is 2.81. The van der Waals surface area contributed by atoms with Gasteiger partial charge in [-0.25, -0.2) is 8.42 Å². The minimum atomic E-state index is -3.01. The van der Waals surface area contributed by atoms with Gasteiger partial charge in [0.2, 0.25) is 0 Å². The Balaban J connectivity index is 2.47. The van der Waals surface area contributed by atoms with Crippen LogP contribution in [0, 0.1) is 0 Å². The molecule has 0 aromatic heterocycles. The van der Waals surface area contributed by atoms with E-state index in [1.54, 1.807) is 0 Å². The van der Waals surface area contributed by atoms with Crippen molar-refractivity contribution in [2.45, 2.75) is 18.9 Å². The Morgan fingerprint density at radius 3 is 2.64 bits per heavy atom. The van der Waals surface area contributed by atoms with Crippen LogP contribution in [-0.2, 0) is 19.4 Å². The molecule has 0 radical (unpaired) electrons. The summed E-state index contributed by atoms with van der Waals surface area (Å²) >= 11 is 0. The van der Waals surface area contributed by atoms with Gasteiger partial charge in [-0.2, -0.15) is 0 Å². The van der Waals surface area contributed by atoms with Gasteiger partial charge in [-0.1, -0.05) is 0 Å². The maximum absolute atomic E-state index is 10.7. The van der Waals surface area contributed by atoms with E-state index < -0.39 is 15.9 Å². The lowest BCUT2D eigenvalue weighted by molar-refractivity contribution is -0.140. The molecular weight excluding hydrogens is 168 g/mol. The van der Waals surface area contributed by atoms with E-state index in [9.17, 15) is 13.2 Å². The van der Waals surface area contributed by atoms with Crippen molar-refractivity contribution in [1.29, 1.82) is 0 Å². The third-order valence-electron chi connectivity index (χ3n) is 1.46. The third kappa shape index (κ3) is 2.88. The van der Waals surface area contributed by atoms with Crippen LogP contribution in [-0.4, -0.2) is 32.5 Å². The topological polar surface area (TPSA) is 60.4 Å². The van der Waals surface area contributed by atoms with E-state index in [1.807, 2.05) is 0 Å². The van der Waals surface area contributed by atoms with E-state index >= 15 is 0 Å². The maximum Gasteiger partial charge on any atom is 0.306 e. The average molecular weight is 178 g/mol. The highest BCUT2D eigenvalue weighted by molar-refractivity contribution is 7.90. The molecule has 1 fully saturated rings. The predicted octanol–water partition coefficient (Wildman–Crippen LogP) is -0.263. The first-order valence-electron chi connectivity index (χ1n) is 3.34. The van der Waals surface area contributed by atoms with Crippen molar-refractivity contribution in [1.82, 2.24) is 0 Å². The quantitative estimate of drug-likeness (QED) is 0.546. The first-order chi connectivity index (χ1) is 4.97. The minimum Gasteiger partial charge on any atom is -0.461 e. The molecule has 1 unspecified atom stereocenters. The fraction of sp³-hybridized carbons (Fsp3) is 0.833. The highest BCUT2D eigenvalue weighted by Gasteiger charge is 2.26. The zero-order valence-electron chi connectivity index (χ0n) is 6.24. The van der Waals surface area contributed by atoms with Gasteiger partial charge in [0.05, 0.1) is 5.75 Å². The molecule has 0 saturated carbocycles. The van der Waals surface area contributed by atoms with E-state index in [0.717, 1.165) is 6.26 Å². The van der Waals surface area contributed by atoms with Crippen LogP contribution in [0.3, 0.4) is 0 Å². The van der Waals surface area contributed by atoms with Gasteiger partial charge in [0, 0.05) is 12.7 Å². The molecule has 0 aromatic rings. The number of ether oxygens (including phenoxy) is 1. The van der Waals surface area contributed by atoms with Crippen molar-refractivity contribution in [3.8, 4) is 0 Å². The summed E-state index contributed by atoms with van der Waals surface area (Å²) < 4.78 is 26.1. The van der Waals surface area contributed by atoms with Gasteiger partial charge < -0.3 is 4.74 Å². The lowest BCUT2D eigenvalue weighted by atomic mass is 10.3. The molecule has 4 nitrogen and oxygen atoms in total. The SMILES string of the molecule is CS(=O)(=O)CC1CCC(=O)O1. The molecule has 0 N–H and O–H groups in total. The Labute approximate surface area is 65.5 Å². The largest absolute Gasteiger partial charge is 0.461 e. The minimum absolute atomic E-state index is 0.0429. The third-order valence-corrected chi connectivity index (χ3v) is 2.43. The lowest BCUT2D eigenvalue weighted by Gasteiger charge is -2.05. The molecule has 0 amide bonds. The molecule has 5 heteroatoms. The number of carbonyl (C=O) groups excluding carboxylic acids is 1. The van der Waals surface area contributed by atoms with Gasteiger partial charge in [0.1, 0.15) is 6.10 Å². The van der Waals surface area contributed by atoms with Crippen molar-refractivity contribution in [3.05, 3.63) is 0 Å². The van der Waals surface area contributed by atoms with Crippen LogP contribution in [0.5, 0.6) is 0 Å². The fourth-order valence-electron chi connectivity index (χ4n) is 1.04. The number of hydrogen-bond donors (Lipinski definition) is 0. The normalized spacial score (nSPS) is 25.2. The number of cyclic esters (lactones) is 1. The summed E-state index contributed by atoms with van der Waals surface area (Å²) in [6.07, 6.45) is 1.61. The maximum atomic E-state index is 10.7. The molecular formula is C6H10O4S. The first-order valence-corrected chi connectivity index (χ1v) is 5.40. The molecule has 0 spiro atoms. The molecule has 1 atom stereocenters.